The Kier molecular flexibility index (Phi) is 6.31. The number of aryl methyl sites for hydroxylation is 2. The highest BCUT2D eigenvalue weighted by Crippen LogP contribution is 2.38. The molecule has 4 rings (SSSR count). The van der Waals surface area contributed by atoms with Gasteiger partial charge in [-0.05, 0) is 56.3 Å². The van der Waals surface area contributed by atoms with Crippen LogP contribution in [-0.2, 0) is 6.54 Å². The van der Waals surface area contributed by atoms with Crippen LogP contribution in [0, 0.1) is 19.7 Å². The zero-order valence-corrected chi connectivity index (χ0v) is 19.5. The van der Waals surface area contributed by atoms with Gasteiger partial charge in [-0.15, -0.1) is 5.10 Å². The molecule has 0 unspecified atom stereocenters. The minimum Gasteiger partial charge on any atom is -0.493 e. The van der Waals surface area contributed by atoms with Gasteiger partial charge in [0.2, 0.25) is 5.75 Å². The van der Waals surface area contributed by atoms with Crippen molar-refractivity contribution in [3.63, 3.8) is 0 Å². The van der Waals surface area contributed by atoms with E-state index in [1.165, 1.54) is 50.5 Å². The summed E-state index contributed by atoms with van der Waals surface area (Å²) in [7, 11) is 4.43. The summed E-state index contributed by atoms with van der Waals surface area (Å²) in [5.41, 5.74) is 2.44. The largest absolute Gasteiger partial charge is 0.493 e. The molecular formula is C24H24FN5O4. The van der Waals surface area contributed by atoms with E-state index in [1.807, 2.05) is 19.9 Å². The Morgan fingerprint density at radius 2 is 1.62 bits per heavy atom. The highest BCUT2D eigenvalue weighted by atomic mass is 19.1. The molecule has 2 aromatic carbocycles. The number of nitrogens with zero attached hydrogens (tertiary/aromatic N) is 5. The molecule has 0 aliphatic rings. The topological polar surface area (TPSA) is 91.1 Å². The van der Waals surface area contributed by atoms with Crippen molar-refractivity contribution in [1.82, 2.24) is 19.6 Å². The van der Waals surface area contributed by atoms with Gasteiger partial charge < -0.3 is 19.1 Å². The Labute approximate surface area is 195 Å². The standard InChI is InChI=1S/C24H24FN5O4/c1-14-10-15(2)30-24(26-14)27-21(28-30)13-29(18-8-6-17(25)7-9-18)23(31)16-11-19(32-3)22(34-5)20(12-16)33-4/h6-12H,13H2,1-5H3. The van der Waals surface area contributed by atoms with E-state index < -0.39 is 5.82 Å². The molecule has 0 spiro atoms. The normalized spacial score (nSPS) is 10.9. The lowest BCUT2D eigenvalue weighted by Crippen LogP contribution is -2.31. The van der Waals surface area contributed by atoms with Crippen LogP contribution in [0.4, 0.5) is 10.1 Å². The molecule has 34 heavy (non-hydrogen) atoms. The number of rotatable bonds is 7. The SMILES string of the molecule is COc1cc(C(=O)N(Cc2nc3nc(C)cc(C)n3n2)c2ccc(F)cc2)cc(OC)c1OC. The molecule has 0 aliphatic carbocycles. The van der Waals surface area contributed by atoms with Crippen LogP contribution in [0.3, 0.4) is 0 Å². The smallest absolute Gasteiger partial charge is 0.258 e. The van der Waals surface area contributed by atoms with Gasteiger partial charge in [-0.25, -0.2) is 13.9 Å². The van der Waals surface area contributed by atoms with Crippen LogP contribution < -0.4 is 19.1 Å². The molecule has 4 aromatic rings. The Hall–Kier alpha value is -4.21. The summed E-state index contributed by atoms with van der Waals surface area (Å²) in [6.45, 7) is 3.81. The van der Waals surface area contributed by atoms with Crippen molar-refractivity contribution in [2.75, 3.05) is 26.2 Å². The van der Waals surface area contributed by atoms with E-state index in [0.29, 0.717) is 34.5 Å². The van der Waals surface area contributed by atoms with Gasteiger partial charge in [0, 0.05) is 22.6 Å². The van der Waals surface area contributed by atoms with E-state index in [1.54, 1.807) is 16.6 Å². The first-order chi connectivity index (χ1) is 16.3. The van der Waals surface area contributed by atoms with Crippen molar-refractivity contribution in [2.24, 2.45) is 0 Å². The summed E-state index contributed by atoms with van der Waals surface area (Å²) in [4.78, 5) is 24.1. The van der Waals surface area contributed by atoms with E-state index in [-0.39, 0.29) is 18.0 Å². The number of carbonyl (C=O) groups excluding carboxylic acids is 1. The first-order valence-electron chi connectivity index (χ1n) is 10.4. The maximum Gasteiger partial charge on any atom is 0.258 e. The summed E-state index contributed by atoms with van der Waals surface area (Å²) in [5, 5.41) is 4.51. The Balaban J connectivity index is 1.79. The number of fused-ring (bicyclic) bond motifs is 1. The van der Waals surface area contributed by atoms with Crippen LogP contribution in [0.15, 0.2) is 42.5 Å². The summed E-state index contributed by atoms with van der Waals surface area (Å²) in [6, 6.07) is 10.6. The third-order valence-electron chi connectivity index (χ3n) is 5.26. The molecule has 2 heterocycles. The van der Waals surface area contributed by atoms with E-state index in [4.69, 9.17) is 14.2 Å². The van der Waals surface area contributed by atoms with Gasteiger partial charge in [0.15, 0.2) is 17.3 Å². The minimum atomic E-state index is -0.412. The maximum absolute atomic E-state index is 13.7. The molecule has 0 saturated carbocycles. The van der Waals surface area contributed by atoms with Gasteiger partial charge in [0.1, 0.15) is 5.82 Å². The van der Waals surface area contributed by atoms with Gasteiger partial charge in [0.05, 0.1) is 27.9 Å². The number of anilines is 1. The van der Waals surface area contributed by atoms with Crippen molar-refractivity contribution >= 4 is 17.4 Å². The quantitative estimate of drug-likeness (QED) is 0.411. The fraction of sp³-hybridized carbons (Fsp3) is 0.250. The molecule has 1 amide bonds. The lowest BCUT2D eigenvalue weighted by atomic mass is 10.1. The maximum atomic E-state index is 13.7. The fourth-order valence-corrected chi connectivity index (χ4v) is 3.68. The highest BCUT2D eigenvalue weighted by molar-refractivity contribution is 6.06. The second-order valence-electron chi connectivity index (χ2n) is 7.56. The Morgan fingerprint density at radius 3 is 2.21 bits per heavy atom. The fourth-order valence-electron chi connectivity index (χ4n) is 3.68. The second-order valence-corrected chi connectivity index (χ2v) is 7.56. The van der Waals surface area contributed by atoms with E-state index in [9.17, 15) is 9.18 Å². The van der Waals surface area contributed by atoms with E-state index in [0.717, 1.165) is 11.4 Å². The first-order valence-corrected chi connectivity index (χ1v) is 10.4. The monoisotopic (exact) mass is 465 g/mol. The molecule has 0 saturated heterocycles. The van der Waals surface area contributed by atoms with Gasteiger partial charge in [0.25, 0.3) is 11.7 Å². The van der Waals surface area contributed by atoms with Crippen LogP contribution in [0.5, 0.6) is 17.2 Å². The number of halogens is 1. The van der Waals surface area contributed by atoms with Crippen molar-refractivity contribution in [1.29, 1.82) is 0 Å². The summed E-state index contributed by atoms with van der Waals surface area (Å²) < 4.78 is 31.4. The molecule has 0 N–H and O–H groups in total. The van der Waals surface area contributed by atoms with Crippen LogP contribution in [0.2, 0.25) is 0 Å². The molecule has 0 atom stereocenters. The number of amides is 1. The highest BCUT2D eigenvalue weighted by Gasteiger charge is 2.24. The number of hydrogen-bond acceptors (Lipinski definition) is 7. The number of benzene rings is 2. The Morgan fingerprint density at radius 1 is 0.971 bits per heavy atom. The summed E-state index contributed by atoms with van der Waals surface area (Å²) >= 11 is 0. The lowest BCUT2D eigenvalue weighted by Gasteiger charge is -2.23. The molecule has 2 aromatic heterocycles. The average molecular weight is 465 g/mol. The van der Waals surface area contributed by atoms with Crippen molar-refractivity contribution in [3.05, 3.63) is 71.1 Å². The van der Waals surface area contributed by atoms with Crippen molar-refractivity contribution in [2.45, 2.75) is 20.4 Å². The molecule has 0 aliphatic heterocycles. The predicted molar refractivity (Wildman–Crippen MR) is 123 cm³/mol. The van der Waals surface area contributed by atoms with Crippen molar-refractivity contribution < 1.29 is 23.4 Å². The van der Waals surface area contributed by atoms with Crippen LogP contribution in [0.25, 0.3) is 5.78 Å². The Bertz CT molecular complexity index is 1330. The van der Waals surface area contributed by atoms with Gasteiger partial charge in [-0.3, -0.25) is 4.79 Å². The van der Waals surface area contributed by atoms with Crippen LogP contribution in [-0.4, -0.2) is 46.8 Å². The minimum absolute atomic E-state index is 0.0307. The number of carbonyl (C=O) groups is 1. The average Bonchev–Trinajstić information content (AvgIpc) is 3.24. The van der Waals surface area contributed by atoms with Crippen LogP contribution >= 0.6 is 0 Å². The zero-order chi connectivity index (χ0) is 24.4. The number of aromatic nitrogens is 4. The molecule has 0 bridgehead atoms. The van der Waals surface area contributed by atoms with Crippen molar-refractivity contribution in [3.8, 4) is 17.2 Å². The summed E-state index contributed by atoms with van der Waals surface area (Å²) in [5.74, 6) is 1.07. The summed E-state index contributed by atoms with van der Waals surface area (Å²) in [6.07, 6.45) is 0. The molecule has 0 fully saturated rings. The number of methoxy groups -OCH3 is 3. The third kappa shape index (κ3) is 4.34. The second kappa shape index (κ2) is 9.34. The van der Waals surface area contributed by atoms with Gasteiger partial charge >= 0.3 is 0 Å². The zero-order valence-electron chi connectivity index (χ0n) is 19.5. The first kappa shape index (κ1) is 23.0. The number of hydrogen-bond donors (Lipinski definition) is 0. The molecule has 0 radical (unpaired) electrons. The molecule has 176 valence electrons. The third-order valence-corrected chi connectivity index (χ3v) is 5.26. The molecule has 10 heteroatoms. The van der Waals surface area contributed by atoms with E-state index >= 15 is 0 Å². The number of ether oxygens (including phenoxy) is 3. The van der Waals surface area contributed by atoms with E-state index in [2.05, 4.69) is 15.1 Å². The lowest BCUT2D eigenvalue weighted by molar-refractivity contribution is 0.0983. The van der Waals surface area contributed by atoms with Gasteiger partial charge in [-0.2, -0.15) is 4.98 Å². The molecular weight excluding hydrogens is 441 g/mol. The molecule has 9 nitrogen and oxygen atoms in total. The predicted octanol–water partition coefficient (Wildman–Crippen LogP) is 3.75. The van der Waals surface area contributed by atoms with Crippen LogP contribution in [0.1, 0.15) is 27.6 Å². The van der Waals surface area contributed by atoms with Gasteiger partial charge in [-0.1, -0.05) is 0 Å².